The van der Waals surface area contributed by atoms with Crippen LogP contribution in [0.5, 0.6) is 0 Å². The van der Waals surface area contributed by atoms with Gasteiger partial charge in [-0.05, 0) is 0 Å². The quantitative estimate of drug-likeness (QED) is 0.537. The van der Waals surface area contributed by atoms with Crippen LogP contribution in [0.1, 0.15) is 5.56 Å². The van der Waals surface area contributed by atoms with E-state index in [1.54, 1.807) is 0 Å². The Hall–Kier alpha value is -0.230. The Morgan fingerprint density at radius 2 is 2.38 bits per heavy atom. The van der Waals surface area contributed by atoms with E-state index in [-0.39, 0.29) is 5.91 Å². The van der Waals surface area contributed by atoms with Gasteiger partial charge in [0, 0.05) is 41.5 Å². The van der Waals surface area contributed by atoms with Crippen LogP contribution in [0.25, 0.3) is 0 Å². The van der Waals surface area contributed by atoms with Gasteiger partial charge >= 0.3 is 0 Å². The van der Waals surface area contributed by atoms with E-state index in [0.717, 1.165) is 24.5 Å². The molecule has 0 saturated heterocycles. The molecule has 16 heavy (non-hydrogen) atoms. The summed E-state index contributed by atoms with van der Waals surface area (Å²) >= 11 is 4.29. The molecule has 6 nitrogen and oxygen atoms in total. The monoisotopic (exact) mass is 445 g/mol. The predicted octanol–water partition coefficient (Wildman–Crippen LogP) is 1.07. The number of fused-ring (bicyclic) bond motifs is 1. The Bertz CT molecular complexity index is 413. The molecule has 2 heterocycles. The summed E-state index contributed by atoms with van der Waals surface area (Å²) in [5.74, 6) is 1.43. The molecule has 0 spiro atoms. The molecule has 0 aromatic carbocycles. The smallest absolute Gasteiger partial charge is 0.230 e. The summed E-state index contributed by atoms with van der Waals surface area (Å²) in [6.45, 7) is 1.67. The summed E-state index contributed by atoms with van der Waals surface area (Å²) in [6.07, 6.45) is 1.84. The minimum absolute atomic E-state index is 0.0198. The molecule has 0 fully saturated rings. The fraction of sp³-hybridized carbons (Fsp3) is 0.375. The third-order valence-electron chi connectivity index (χ3n) is 2.15. The second kappa shape index (κ2) is 5.40. The molecule has 0 aliphatic carbocycles. The molecule has 0 unspecified atom stereocenters. The molecule has 0 bridgehead atoms. The lowest BCUT2D eigenvalue weighted by Crippen LogP contribution is -2.21. The van der Waals surface area contributed by atoms with E-state index in [4.69, 9.17) is 0 Å². The summed E-state index contributed by atoms with van der Waals surface area (Å²) in [7, 11) is 0. The second-order valence-corrected chi connectivity index (χ2v) is 5.15. The van der Waals surface area contributed by atoms with Crippen molar-refractivity contribution in [3.05, 3.63) is 11.9 Å². The number of carbonyl (C=O) groups is 1. The molecule has 1 aromatic rings. The van der Waals surface area contributed by atoms with Crippen molar-refractivity contribution in [2.45, 2.75) is 6.42 Å². The minimum atomic E-state index is -0.0198. The number of halogens is 2. The van der Waals surface area contributed by atoms with Gasteiger partial charge in [0.25, 0.3) is 0 Å². The maximum Gasteiger partial charge on any atom is 0.230 e. The van der Waals surface area contributed by atoms with Crippen molar-refractivity contribution in [1.82, 2.24) is 13.5 Å². The molecule has 0 saturated carbocycles. The van der Waals surface area contributed by atoms with E-state index in [9.17, 15) is 4.79 Å². The van der Waals surface area contributed by atoms with Gasteiger partial charge in [-0.15, -0.1) is 0 Å². The van der Waals surface area contributed by atoms with Gasteiger partial charge in [-0.3, -0.25) is 11.4 Å². The van der Waals surface area contributed by atoms with E-state index in [1.165, 1.54) is 6.33 Å². The summed E-state index contributed by atoms with van der Waals surface area (Å²) in [5, 5.41) is 2.71. The number of anilines is 2. The van der Waals surface area contributed by atoms with Gasteiger partial charge in [-0.1, -0.05) is 0 Å². The van der Waals surface area contributed by atoms with Crippen LogP contribution in [0.15, 0.2) is 6.33 Å². The van der Waals surface area contributed by atoms with Gasteiger partial charge in [0.05, 0.1) is 29.3 Å². The summed E-state index contributed by atoms with van der Waals surface area (Å²) < 4.78 is 5.03. The second-order valence-electron chi connectivity index (χ2n) is 3.22. The van der Waals surface area contributed by atoms with Crippen LogP contribution < -0.4 is 12.0 Å². The van der Waals surface area contributed by atoms with Crippen LogP contribution >= 0.6 is 45.7 Å². The van der Waals surface area contributed by atoms with Crippen LogP contribution in [0.3, 0.4) is 0 Å². The van der Waals surface area contributed by atoms with Gasteiger partial charge in [0.1, 0.15) is 18.0 Å². The van der Waals surface area contributed by atoms with E-state index in [0.29, 0.717) is 12.2 Å². The first-order valence-corrected chi connectivity index (χ1v) is 6.67. The lowest BCUT2D eigenvalue weighted by Gasteiger charge is -2.16. The Balaban J connectivity index is 2.22. The fourth-order valence-electron chi connectivity index (χ4n) is 1.47. The third-order valence-corrected chi connectivity index (χ3v) is 3.63. The lowest BCUT2D eigenvalue weighted by atomic mass is 10.2. The first-order valence-electron chi connectivity index (χ1n) is 4.63. The van der Waals surface area contributed by atoms with Gasteiger partial charge in [-0.2, -0.15) is 0 Å². The number of rotatable bonds is 4. The molecular weight excluding hydrogens is 436 g/mol. The topological polar surface area (TPSA) is 70.2 Å². The SMILES string of the molecule is O=C1Cc2c(ncnc2N(I)CCNI)N1. The van der Waals surface area contributed by atoms with E-state index < -0.39 is 0 Å². The van der Waals surface area contributed by atoms with Gasteiger partial charge in [0.15, 0.2) is 0 Å². The van der Waals surface area contributed by atoms with E-state index in [1.807, 2.05) is 3.11 Å². The highest BCUT2D eigenvalue weighted by Gasteiger charge is 2.24. The van der Waals surface area contributed by atoms with Gasteiger partial charge < -0.3 is 5.32 Å². The molecule has 1 amide bonds. The molecule has 86 valence electrons. The summed E-state index contributed by atoms with van der Waals surface area (Å²) in [6, 6.07) is 0. The van der Waals surface area contributed by atoms with Crippen molar-refractivity contribution in [2.75, 3.05) is 21.5 Å². The number of hydrogen-bond donors (Lipinski definition) is 2. The Morgan fingerprint density at radius 3 is 3.12 bits per heavy atom. The van der Waals surface area contributed by atoms with E-state index in [2.05, 4.69) is 64.5 Å². The summed E-state index contributed by atoms with van der Waals surface area (Å²) in [5.41, 5.74) is 0.885. The number of nitrogens with zero attached hydrogens (tertiary/aromatic N) is 3. The molecule has 1 aliphatic heterocycles. The highest BCUT2D eigenvalue weighted by molar-refractivity contribution is 14.1. The standard InChI is InChI=1S/C8H9I2N5O/c9-13-1-2-15(10)8-5-3-6(16)14-7(5)11-4-12-8/h4,13H,1-3H2,(H,11,12,14,16). The molecule has 0 atom stereocenters. The van der Waals surface area contributed by atoms with Crippen LogP contribution in [0.2, 0.25) is 0 Å². The number of nitrogens with one attached hydrogen (secondary N) is 2. The average Bonchev–Trinajstić information content (AvgIpc) is 2.65. The molecule has 0 radical (unpaired) electrons. The first-order chi connectivity index (χ1) is 7.72. The normalized spacial score (nSPS) is 13.5. The molecular formula is C8H9I2N5O. The van der Waals surface area contributed by atoms with Crippen molar-refractivity contribution < 1.29 is 4.79 Å². The molecule has 8 heteroatoms. The third kappa shape index (κ3) is 2.53. The van der Waals surface area contributed by atoms with Crippen LogP contribution in [0, 0.1) is 0 Å². The van der Waals surface area contributed by atoms with Gasteiger partial charge in [0.2, 0.25) is 5.91 Å². The number of aromatic nitrogens is 2. The highest BCUT2D eigenvalue weighted by atomic mass is 127. The number of amides is 1. The average molecular weight is 445 g/mol. The molecule has 1 aromatic heterocycles. The van der Waals surface area contributed by atoms with E-state index >= 15 is 0 Å². The van der Waals surface area contributed by atoms with Crippen molar-refractivity contribution >= 4 is 63.3 Å². The number of carbonyl (C=O) groups excluding carboxylic acids is 1. The summed E-state index contributed by atoms with van der Waals surface area (Å²) in [4.78, 5) is 19.5. The zero-order valence-electron chi connectivity index (χ0n) is 8.20. The number of hydrogen-bond acceptors (Lipinski definition) is 5. The Morgan fingerprint density at radius 1 is 1.56 bits per heavy atom. The highest BCUT2D eigenvalue weighted by Crippen LogP contribution is 2.29. The van der Waals surface area contributed by atoms with Crippen LogP contribution in [-0.4, -0.2) is 29.0 Å². The van der Waals surface area contributed by atoms with Crippen molar-refractivity contribution in [3.63, 3.8) is 0 Å². The van der Waals surface area contributed by atoms with Crippen LogP contribution in [-0.2, 0) is 11.2 Å². The fourth-order valence-corrected chi connectivity index (χ4v) is 2.36. The predicted molar refractivity (Wildman–Crippen MR) is 77.8 cm³/mol. The maximum atomic E-state index is 11.3. The largest absolute Gasteiger partial charge is 0.310 e. The van der Waals surface area contributed by atoms with Crippen molar-refractivity contribution in [1.29, 1.82) is 0 Å². The first kappa shape index (κ1) is 12.2. The zero-order valence-corrected chi connectivity index (χ0v) is 12.5. The molecule has 2 rings (SSSR count). The zero-order chi connectivity index (χ0) is 11.5. The Kier molecular flexibility index (Phi) is 4.13. The Labute approximate surface area is 121 Å². The molecule has 2 N–H and O–H groups in total. The maximum absolute atomic E-state index is 11.3. The van der Waals surface area contributed by atoms with Gasteiger partial charge in [-0.25, -0.2) is 9.97 Å². The van der Waals surface area contributed by atoms with Crippen molar-refractivity contribution in [3.8, 4) is 0 Å². The molecule has 1 aliphatic rings. The van der Waals surface area contributed by atoms with Crippen LogP contribution in [0.4, 0.5) is 11.6 Å². The van der Waals surface area contributed by atoms with Crippen molar-refractivity contribution in [2.24, 2.45) is 0 Å². The minimum Gasteiger partial charge on any atom is -0.310 e. The lowest BCUT2D eigenvalue weighted by molar-refractivity contribution is -0.115.